The fourth-order valence-corrected chi connectivity index (χ4v) is 2.88. The highest BCUT2D eigenvalue weighted by atomic mass is 14.4. The number of hydrogen-bond acceptors (Lipinski definition) is 0. The molecule has 0 aromatic rings. The minimum Gasteiger partial charge on any atom is -0.0879 e. The second-order valence-electron chi connectivity index (χ2n) is 5.47. The van der Waals surface area contributed by atoms with Gasteiger partial charge < -0.3 is 0 Å². The number of allylic oxidation sites excluding steroid dienone is 2. The van der Waals surface area contributed by atoms with E-state index in [1.54, 1.807) is 5.57 Å². The molecule has 1 rings (SSSR count). The summed E-state index contributed by atoms with van der Waals surface area (Å²) in [5.41, 5.74) is 1.65. The molecule has 4 atom stereocenters. The van der Waals surface area contributed by atoms with Crippen molar-refractivity contribution in [3.63, 3.8) is 0 Å². The third-order valence-electron chi connectivity index (χ3n) is 4.16. The van der Waals surface area contributed by atoms with Gasteiger partial charge in [0.05, 0.1) is 0 Å². The molecule has 1 fully saturated rings. The van der Waals surface area contributed by atoms with Crippen molar-refractivity contribution < 1.29 is 0 Å². The molecule has 0 aromatic carbocycles. The van der Waals surface area contributed by atoms with Crippen molar-refractivity contribution >= 4 is 0 Å². The Kier molecular flexibility index (Phi) is 3.80. The summed E-state index contributed by atoms with van der Waals surface area (Å²) < 4.78 is 0. The van der Waals surface area contributed by atoms with E-state index in [4.69, 9.17) is 0 Å². The predicted octanol–water partition coefficient (Wildman–Crippen LogP) is 4.52. The predicted molar refractivity (Wildman–Crippen MR) is 64.2 cm³/mol. The van der Waals surface area contributed by atoms with E-state index >= 15 is 0 Å². The van der Waals surface area contributed by atoms with Gasteiger partial charge in [-0.3, -0.25) is 0 Å². The molecule has 1 aliphatic rings. The van der Waals surface area contributed by atoms with Crippen molar-refractivity contribution in [1.29, 1.82) is 0 Å². The molecule has 0 heteroatoms. The van der Waals surface area contributed by atoms with E-state index in [0.717, 1.165) is 23.7 Å². The Bertz CT molecular complexity index is 212. The van der Waals surface area contributed by atoms with E-state index in [-0.39, 0.29) is 0 Å². The smallest absolute Gasteiger partial charge is 0.0201 e. The maximum atomic E-state index is 2.44. The molecule has 0 amide bonds. The third-order valence-corrected chi connectivity index (χ3v) is 4.16. The van der Waals surface area contributed by atoms with Crippen LogP contribution in [-0.4, -0.2) is 0 Å². The van der Waals surface area contributed by atoms with Crippen molar-refractivity contribution in [1.82, 2.24) is 0 Å². The molecule has 14 heavy (non-hydrogen) atoms. The van der Waals surface area contributed by atoms with Gasteiger partial charge >= 0.3 is 0 Å². The van der Waals surface area contributed by atoms with Gasteiger partial charge in [0.1, 0.15) is 0 Å². The number of hydrogen-bond donors (Lipinski definition) is 0. The Hall–Kier alpha value is -0.260. The lowest BCUT2D eigenvalue weighted by molar-refractivity contribution is 0.356. The largest absolute Gasteiger partial charge is 0.0879 e. The van der Waals surface area contributed by atoms with Crippen molar-refractivity contribution in [2.75, 3.05) is 0 Å². The van der Waals surface area contributed by atoms with E-state index in [1.807, 2.05) is 0 Å². The Morgan fingerprint density at radius 3 is 2.00 bits per heavy atom. The summed E-state index contributed by atoms with van der Waals surface area (Å²) >= 11 is 0. The fraction of sp³-hybridized carbons (Fsp3) is 0.857. The van der Waals surface area contributed by atoms with Gasteiger partial charge in [0.15, 0.2) is 0 Å². The van der Waals surface area contributed by atoms with Crippen molar-refractivity contribution in [2.24, 2.45) is 29.6 Å². The highest BCUT2D eigenvalue weighted by Gasteiger charge is 2.39. The van der Waals surface area contributed by atoms with Gasteiger partial charge in [-0.2, -0.15) is 0 Å². The molecule has 0 spiro atoms. The van der Waals surface area contributed by atoms with E-state index in [0.29, 0.717) is 5.92 Å². The van der Waals surface area contributed by atoms with Crippen LogP contribution in [0.1, 0.15) is 48.0 Å². The molecule has 0 N–H and O–H groups in total. The zero-order valence-electron chi connectivity index (χ0n) is 10.7. The molecule has 0 saturated heterocycles. The van der Waals surface area contributed by atoms with Gasteiger partial charge in [0.25, 0.3) is 0 Å². The topological polar surface area (TPSA) is 0 Å². The molecule has 0 heterocycles. The summed E-state index contributed by atoms with van der Waals surface area (Å²) in [6.45, 7) is 14.0. The Morgan fingerprint density at radius 1 is 1.21 bits per heavy atom. The van der Waals surface area contributed by atoms with Crippen LogP contribution in [0.4, 0.5) is 0 Å². The van der Waals surface area contributed by atoms with Gasteiger partial charge in [0.2, 0.25) is 0 Å². The molecule has 82 valence electrons. The second-order valence-corrected chi connectivity index (χ2v) is 5.47. The molecule has 0 nitrogen and oxygen atoms in total. The van der Waals surface area contributed by atoms with Gasteiger partial charge in [-0.25, -0.2) is 0 Å². The van der Waals surface area contributed by atoms with E-state index in [1.165, 1.54) is 6.42 Å². The second kappa shape index (κ2) is 4.51. The monoisotopic (exact) mass is 194 g/mol. The van der Waals surface area contributed by atoms with E-state index < -0.39 is 0 Å². The summed E-state index contributed by atoms with van der Waals surface area (Å²) in [4.78, 5) is 0. The highest BCUT2D eigenvalue weighted by molar-refractivity contribution is 5.10. The normalized spacial score (nSPS) is 31.8. The summed E-state index contributed by atoms with van der Waals surface area (Å²) in [6.07, 6.45) is 3.79. The Morgan fingerprint density at radius 2 is 1.71 bits per heavy atom. The van der Waals surface area contributed by atoms with Crippen LogP contribution >= 0.6 is 0 Å². The van der Waals surface area contributed by atoms with Crippen LogP contribution in [0.5, 0.6) is 0 Å². The van der Waals surface area contributed by atoms with Gasteiger partial charge in [-0.05, 0) is 42.9 Å². The van der Waals surface area contributed by atoms with Crippen LogP contribution in [0, 0.1) is 29.6 Å². The lowest BCUT2D eigenvalue weighted by atomic mass is 9.80. The van der Waals surface area contributed by atoms with Crippen LogP contribution in [0.2, 0.25) is 0 Å². The first-order chi connectivity index (χ1) is 6.49. The van der Waals surface area contributed by atoms with E-state index in [9.17, 15) is 0 Å². The fourth-order valence-electron chi connectivity index (χ4n) is 2.88. The maximum Gasteiger partial charge on any atom is -0.0201 e. The van der Waals surface area contributed by atoms with Gasteiger partial charge in [-0.1, -0.05) is 46.3 Å². The minimum atomic E-state index is 0.714. The third kappa shape index (κ3) is 2.40. The zero-order valence-corrected chi connectivity index (χ0v) is 10.7. The molecule has 0 bridgehead atoms. The van der Waals surface area contributed by atoms with Crippen molar-refractivity contribution in [2.45, 2.75) is 48.0 Å². The molecule has 1 aliphatic carbocycles. The zero-order chi connectivity index (χ0) is 10.9. The Labute approximate surface area is 89.8 Å². The SMILES string of the molecule is CC=C(C(C)C)C(C)C(C)C1CC1C. The van der Waals surface area contributed by atoms with Crippen LogP contribution < -0.4 is 0 Å². The molecule has 1 saturated carbocycles. The first-order valence-electron chi connectivity index (χ1n) is 6.15. The first kappa shape index (κ1) is 11.8. The lowest BCUT2D eigenvalue weighted by Gasteiger charge is -2.25. The molecule has 0 aromatic heterocycles. The maximum absolute atomic E-state index is 2.44. The summed E-state index contributed by atoms with van der Waals surface area (Å²) in [7, 11) is 0. The molecule has 0 aliphatic heterocycles. The van der Waals surface area contributed by atoms with Gasteiger partial charge in [0, 0.05) is 0 Å². The summed E-state index contributed by atoms with van der Waals surface area (Å²) in [6, 6.07) is 0. The molecule has 0 radical (unpaired) electrons. The first-order valence-corrected chi connectivity index (χ1v) is 6.15. The molecule has 4 unspecified atom stereocenters. The number of rotatable bonds is 4. The lowest BCUT2D eigenvalue weighted by Crippen LogP contribution is -2.16. The van der Waals surface area contributed by atoms with E-state index in [2.05, 4.69) is 47.6 Å². The van der Waals surface area contributed by atoms with Crippen molar-refractivity contribution in [3.8, 4) is 0 Å². The van der Waals surface area contributed by atoms with Gasteiger partial charge in [-0.15, -0.1) is 0 Å². The average molecular weight is 194 g/mol. The van der Waals surface area contributed by atoms with Crippen LogP contribution in [0.15, 0.2) is 11.6 Å². The molecular weight excluding hydrogens is 168 g/mol. The van der Waals surface area contributed by atoms with Crippen LogP contribution in [-0.2, 0) is 0 Å². The highest BCUT2D eigenvalue weighted by Crippen LogP contribution is 2.48. The molecular formula is C14H26. The van der Waals surface area contributed by atoms with Crippen molar-refractivity contribution in [3.05, 3.63) is 11.6 Å². The quantitative estimate of drug-likeness (QED) is 0.577. The average Bonchev–Trinajstić information content (AvgIpc) is 2.81. The van der Waals surface area contributed by atoms with Crippen LogP contribution in [0.3, 0.4) is 0 Å². The Balaban J connectivity index is 2.59. The van der Waals surface area contributed by atoms with Crippen LogP contribution in [0.25, 0.3) is 0 Å². The summed E-state index contributed by atoms with van der Waals surface area (Å²) in [5, 5.41) is 0. The minimum absolute atomic E-state index is 0.714. The standard InChI is InChI=1S/C14H26/c1-7-13(9(2)3)11(5)12(6)14-8-10(14)4/h7,9-12,14H,8H2,1-6H3. The summed E-state index contributed by atoms with van der Waals surface area (Å²) in [5.74, 6) is 4.34.